The van der Waals surface area contributed by atoms with Crippen LogP contribution in [-0.4, -0.2) is 26.3 Å². The monoisotopic (exact) mass is 308 g/mol. The van der Waals surface area contributed by atoms with Gasteiger partial charge in [0.2, 0.25) is 11.8 Å². The number of carbonyl (C=O) groups is 1. The first-order valence-electron chi connectivity index (χ1n) is 6.92. The first-order valence-corrected chi connectivity index (χ1v) is 6.92. The Morgan fingerprint density at radius 1 is 1.50 bits per heavy atom. The lowest BCUT2D eigenvalue weighted by atomic mass is 10.2. The molecule has 8 nitrogen and oxygen atoms in total. The molecule has 120 valence electrons. The summed E-state index contributed by atoms with van der Waals surface area (Å²) in [5.41, 5.74) is 0.727. The van der Waals surface area contributed by atoms with Gasteiger partial charge in [0.05, 0.1) is 5.71 Å². The van der Waals surface area contributed by atoms with Crippen molar-refractivity contribution in [3.8, 4) is 5.88 Å². The molecule has 1 amide bonds. The molecule has 3 N–H and O–H groups in total. The molecule has 0 unspecified atom stereocenters. The zero-order chi connectivity index (χ0) is 16.7. The number of nitrogens with zero attached hydrogens (tertiary/aromatic N) is 2. The molecule has 0 spiro atoms. The number of aromatic hydroxyl groups is 1. The molecule has 0 bridgehead atoms. The van der Waals surface area contributed by atoms with Crippen molar-refractivity contribution in [3.05, 3.63) is 39.1 Å². The highest BCUT2D eigenvalue weighted by molar-refractivity contribution is 6.00. The standard InChI is InChI=1S/C14H20N4O4/c1-4-6-7-10(19)17-16-9(3)11-12(20)15-14(22)18(8-5-2)13(11)21/h5,21H,2,4,6-8H2,1,3H3,(H,17,19)(H,15,20,22)/b16-9+. The molecule has 0 saturated carbocycles. The fourth-order valence-corrected chi connectivity index (χ4v) is 1.78. The largest absolute Gasteiger partial charge is 0.494 e. The quantitative estimate of drug-likeness (QED) is 0.385. The summed E-state index contributed by atoms with van der Waals surface area (Å²) in [6.07, 6.45) is 3.34. The van der Waals surface area contributed by atoms with E-state index in [-0.39, 0.29) is 23.7 Å². The number of rotatable bonds is 7. The van der Waals surface area contributed by atoms with Crippen molar-refractivity contribution in [3.63, 3.8) is 0 Å². The van der Waals surface area contributed by atoms with Crippen LogP contribution in [0.3, 0.4) is 0 Å². The molecule has 0 fully saturated rings. The Morgan fingerprint density at radius 3 is 2.77 bits per heavy atom. The van der Waals surface area contributed by atoms with Crippen LogP contribution in [0.2, 0.25) is 0 Å². The number of hydrogen-bond donors (Lipinski definition) is 3. The third-order valence-electron chi connectivity index (χ3n) is 2.95. The van der Waals surface area contributed by atoms with Crippen molar-refractivity contribution in [1.29, 1.82) is 0 Å². The molecule has 0 atom stereocenters. The van der Waals surface area contributed by atoms with Crippen molar-refractivity contribution < 1.29 is 9.90 Å². The van der Waals surface area contributed by atoms with Crippen LogP contribution in [0.4, 0.5) is 0 Å². The average Bonchev–Trinajstić information content (AvgIpc) is 2.47. The van der Waals surface area contributed by atoms with E-state index in [0.717, 1.165) is 17.4 Å². The summed E-state index contributed by atoms with van der Waals surface area (Å²) in [6.45, 7) is 6.92. The Bertz CT molecular complexity index is 700. The van der Waals surface area contributed by atoms with Gasteiger partial charge >= 0.3 is 5.69 Å². The second kappa shape index (κ2) is 7.96. The predicted octanol–water partition coefficient (Wildman–Crippen LogP) is 0.459. The van der Waals surface area contributed by atoms with Gasteiger partial charge in [-0.05, 0) is 13.3 Å². The van der Waals surface area contributed by atoms with Crippen LogP contribution in [-0.2, 0) is 11.3 Å². The lowest BCUT2D eigenvalue weighted by molar-refractivity contribution is -0.121. The number of hydrazone groups is 1. The molecule has 22 heavy (non-hydrogen) atoms. The van der Waals surface area contributed by atoms with E-state index in [1.807, 2.05) is 6.92 Å². The lowest BCUT2D eigenvalue weighted by Gasteiger charge is -2.09. The summed E-state index contributed by atoms with van der Waals surface area (Å²) >= 11 is 0. The number of nitrogens with one attached hydrogen (secondary N) is 2. The van der Waals surface area contributed by atoms with Crippen LogP contribution < -0.4 is 16.7 Å². The first-order chi connectivity index (χ1) is 10.4. The van der Waals surface area contributed by atoms with Crippen molar-refractivity contribution in [2.45, 2.75) is 39.7 Å². The van der Waals surface area contributed by atoms with E-state index in [0.29, 0.717) is 6.42 Å². The summed E-state index contributed by atoms with van der Waals surface area (Å²) in [6, 6.07) is 0. The van der Waals surface area contributed by atoms with E-state index in [1.54, 1.807) is 0 Å². The fraction of sp³-hybridized carbons (Fsp3) is 0.429. The van der Waals surface area contributed by atoms with Gasteiger partial charge in [0.25, 0.3) is 5.56 Å². The highest BCUT2D eigenvalue weighted by Gasteiger charge is 2.16. The molecule has 1 aromatic rings. The first kappa shape index (κ1) is 17.4. The molecule has 0 aromatic carbocycles. The summed E-state index contributed by atoms with van der Waals surface area (Å²) in [5, 5.41) is 13.9. The SMILES string of the molecule is C=CCn1c(O)c(/C(C)=N/NC(=O)CCCC)c(=O)[nH]c1=O. The van der Waals surface area contributed by atoms with E-state index < -0.39 is 17.1 Å². The van der Waals surface area contributed by atoms with Crippen molar-refractivity contribution in [2.24, 2.45) is 5.10 Å². The molecular weight excluding hydrogens is 288 g/mol. The summed E-state index contributed by atoms with van der Waals surface area (Å²) in [4.78, 5) is 37.0. The number of H-pyrrole nitrogens is 1. The van der Waals surface area contributed by atoms with Crippen LogP contribution in [0.25, 0.3) is 0 Å². The van der Waals surface area contributed by atoms with Crippen LogP contribution in [0.15, 0.2) is 27.3 Å². The number of allylic oxidation sites excluding steroid dienone is 1. The maximum atomic E-state index is 11.8. The zero-order valence-electron chi connectivity index (χ0n) is 12.7. The van der Waals surface area contributed by atoms with E-state index in [9.17, 15) is 19.5 Å². The number of amides is 1. The summed E-state index contributed by atoms with van der Waals surface area (Å²) < 4.78 is 0.946. The minimum Gasteiger partial charge on any atom is -0.494 e. The lowest BCUT2D eigenvalue weighted by Crippen LogP contribution is -2.34. The number of hydrogen-bond acceptors (Lipinski definition) is 5. The molecule has 0 aliphatic rings. The normalized spacial score (nSPS) is 11.3. The Morgan fingerprint density at radius 2 is 2.18 bits per heavy atom. The Labute approximate surface area is 127 Å². The molecule has 0 radical (unpaired) electrons. The Hall–Kier alpha value is -2.64. The number of aromatic nitrogens is 2. The van der Waals surface area contributed by atoms with Crippen LogP contribution in [0.1, 0.15) is 38.7 Å². The van der Waals surface area contributed by atoms with Gasteiger partial charge in [-0.3, -0.25) is 19.1 Å². The molecular formula is C14H20N4O4. The van der Waals surface area contributed by atoms with Crippen molar-refractivity contribution in [1.82, 2.24) is 15.0 Å². The van der Waals surface area contributed by atoms with Gasteiger partial charge in [0.15, 0.2) is 0 Å². The third kappa shape index (κ3) is 4.18. The molecule has 0 saturated heterocycles. The molecule has 0 aliphatic heterocycles. The van der Waals surface area contributed by atoms with E-state index in [1.165, 1.54) is 13.0 Å². The number of aromatic amines is 1. The Kier molecular flexibility index (Phi) is 6.30. The summed E-state index contributed by atoms with van der Waals surface area (Å²) in [5.74, 6) is -0.797. The van der Waals surface area contributed by atoms with Crippen LogP contribution in [0, 0.1) is 0 Å². The minimum absolute atomic E-state index is 0.0323. The second-order valence-electron chi connectivity index (χ2n) is 4.69. The second-order valence-corrected chi connectivity index (χ2v) is 4.69. The molecule has 1 aromatic heterocycles. The van der Waals surface area contributed by atoms with Crippen LogP contribution >= 0.6 is 0 Å². The van der Waals surface area contributed by atoms with E-state index >= 15 is 0 Å². The number of unbranched alkanes of at least 4 members (excludes halogenated alkanes) is 1. The minimum atomic E-state index is -0.771. The maximum absolute atomic E-state index is 11.8. The smallest absolute Gasteiger partial charge is 0.331 e. The molecule has 0 aliphatic carbocycles. The highest BCUT2D eigenvalue weighted by atomic mass is 16.3. The van der Waals surface area contributed by atoms with Gasteiger partial charge in [-0.1, -0.05) is 19.4 Å². The molecule has 1 rings (SSSR count). The van der Waals surface area contributed by atoms with Crippen LogP contribution in [0.5, 0.6) is 5.88 Å². The van der Waals surface area contributed by atoms with Gasteiger partial charge in [-0.25, -0.2) is 10.2 Å². The Balaban J connectivity index is 3.12. The summed E-state index contributed by atoms with van der Waals surface area (Å²) in [7, 11) is 0. The predicted molar refractivity (Wildman–Crippen MR) is 83.1 cm³/mol. The van der Waals surface area contributed by atoms with Gasteiger partial charge in [0, 0.05) is 13.0 Å². The third-order valence-corrected chi connectivity index (χ3v) is 2.95. The van der Waals surface area contributed by atoms with Gasteiger partial charge < -0.3 is 5.11 Å². The highest BCUT2D eigenvalue weighted by Crippen LogP contribution is 2.11. The van der Waals surface area contributed by atoms with Gasteiger partial charge in [-0.15, -0.1) is 6.58 Å². The fourth-order valence-electron chi connectivity index (χ4n) is 1.78. The van der Waals surface area contributed by atoms with Crippen molar-refractivity contribution in [2.75, 3.05) is 0 Å². The van der Waals surface area contributed by atoms with E-state index in [4.69, 9.17) is 0 Å². The maximum Gasteiger partial charge on any atom is 0.331 e. The van der Waals surface area contributed by atoms with Gasteiger partial charge in [0.1, 0.15) is 5.56 Å². The topological polar surface area (TPSA) is 117 Å². The van der Waals surface area contributed by atoms with E-state index in [2.05, 4.69) is 22.1 Å². The molecule has 8 heteroatoms. The zero-order valence-corrected chi connectivity index (χ0v) is 12.7. The van der Waals surface area contributed by atoms with Gasteiger partial charge in [-0.2, -0.15) is 5.10 Å². The average molecular weight is 308 g/mol. The van der Waals surface area contributed by atoms with Crippen molar-refractivity contribution >= 4 is 11.6 Å². The molecule has 1 heterocycles. The number of carbonyl (C=O) groups excluding carboxylic acids is 1.